The SMILES string of the molecule is CN(C(=O)OC(C)(C)C)C1C=COc2ccc([N+](=O)[O-])cc21. The Morgan fingerprint density at radius 2 is 2.09 bits per heavy atom. The van der Waals surface area contributed by atoms with Crippen molar-refractivity contribution >= 4 is 11.8 Å². The minimum absolute atomic E-state index is 0.0553. The van der Waals surface area contributed by atoms with E-state index in [0.717, 1.165) is 0 Å². The highest BCUT2D eigenvalue weighted by atomic mass is 16.6. The number of ether oxygens (including phenoxy) is 2. The fourth-order valence-electron chi connectivity index (χ4n) is 2.06. The number of rotatable bonds is 2. The molecule has 0 bridgehead atoms. The lowest BCUT2D eigenvalue weighted by Crippen LogP contribution is -2.36. The Morgan fingerprint density at radius 3 is 2.68 bits per heavy atom. The second-order valence-corrected chi connectivity index (χ2v) is 5.96. The molecule has 1 aliphatic rings. The lowest BCUT2D eigenvalue weighted by Gasteiger charge is -2.31. The van der Waals surface area contributed by atoms with Crippen molar-refractivity contribution in [1.82, 2.24) is 4.90 Å². The van der Waals surface area contributed by atoms with E-state index in [1.54, 1.807) is 33.9 Å². The first-order valence-corrected chi connectivity index (χ1v) is 6.76. The summed E-state index contributed by atoms with van der Waals surface area (Å²) in [5.74, 6) is 0.480. The Kier molecular flexibility index (Phi) is 4.07. The van der Waals surface area contributed by atoms with E-state index < -0.39 is 22.7 Å². The summed E-state index contributed by atoms with van der Waals surface area (Å²) in [5, 5.41) is 10.9. The normalized spacial score (nSPS) is 16.5. The maximum Gasteiger partial charge on any atom is 0.410 e. The van der Waals surface area contributed by atoms with E-state index >= 15 is 0 Å². The summed E-state index contributed by atoms with van der Waals surface area (Å²) in [6.07, 6.45) is 2.59. The molecule has 1 aliphatic heterocycles. The molecule has 1 amide bonds. The van der Waals surface area contributed by atoms with E-state index in [1.807, 2.05) is 0 Å². The summed E-state index contributed by atoms with van der Waals surface area (Å²) in [4.78, 5) is 24.0. The monoisotopic (exact) mass is 306 g/mol. The van der Waals surface area contributed by atoms with Crippen LogP contribution in [0, 0.1) is 10.1 Å². The third-order valence-electron chi connectivity index (χ3n) is 3.08. The fraction of sp³-hybridized carbons (Fsp3) is 0.400. The van der Waals surface area contributed by atoms with Gasteiger partial charge in [-0.15, -0.1) is 0 Å². The highest BCUT2D eigenvalue weighted by Gasteiger charge is 2.29. The number of nitro benzene ring substituents is 1. The predicted octanol–water partition coefficient (Wildman–Crippen LogP) is 3.41. The van der Waals surface area contributed by atoms with Crippen LogP contribution in [0.3, 0.4) is 0 Å². The summed E-state index contributed by atoms with van der Waals surface area (Å²) in [5.41, 5.74) is -0.128. The maximum absolute atomic E-state index is 12.2. The summed E-state index contributed by atoms with van der Waals surface area (Å²) in [7, 11) is 1.58. The molecule has 0 N–H and O–H groups in total. The van der Waals surface area contributed by atoms with Crippen LogP contribution >= 0.6 is 0 Å². The molecule has 0 aromatic heterocycles. The molecule has 1 atom stereocenters. The summed E-state index contributed by atoms with van der Waals surface area (Å²) in [6, 6.07) is 3.80. The molecule has 1 aromatic carbocycles. The topological polar surface area (TPSA) is 81.9 Å². The smallest absolute Gasteiger partial charge is 0.410 e. The Labute approximate surface area is 128 Å². The number of nitrogens with zero attached hydrogens (tertiary/aromatic N) is 2. The Hall–Kier alpha value is -2.57. The highest BCUT2D eigenvalue weighted by Crippen LogP contribution is 2.36. The molecule has 7 nitrogen and oxygen atoms in total. The third-order valence-corrected chi connectivity index (χ3v) is 3.08. The van der Waals surface area contributed by atoms with Crippen LogP contribution in [-0.2, 0) is 4.74 Å². The van der Waals surface area contributed by atoms with Crippen LogP contribution in [0.1, 0.15) is 32.4 Å². The van der Waals surface area contributed by atoms with Gasteiger partial charge < -0.3 is 14.4 Å². The van der Waals surface area contributed by atoms with Crippen LogP contribution in [0.4, 0.5) is 10.5 Å². The van der Waals surface area contributed by atoms with Crippen LogP contribution in [0.15, 0.2) is 30.5 Å². The lowest BCUT2D eigenvalue weighted by molar-refractivity contribution is -0.385. The summed E-state index contributed by atoms with van der Waals surface area (Å²) < 4.78 is 10.7. The van der Waals surface area contributed by atoms with Gasteiger partial charge in [0, 0.05) is 24.7 Å². The van der Waals surface area contributed by atoms with Crippen LogP contribution < -0.4 is 4.74 Å². The molecule has 0 saturated heterocycles. The van der Waals surface area contributed by atoms with Crippen LogP contribution in [0.5, 0.6) is 5.75 Å². The fourth-order valence-corrected chi connectivity index (χ4v) is 2.06. The minimum atomic E-state index is -0.619. The van der Waals surface area contributed by atoms with Crippen LogP contribution in [-0.4, -0.2) is 28.6 Å². The minimum Gasteiger partial charge on any atom is -0.465 e. The highest BCUT2D eigenvalue weighted by molar-refractivity contribution is 5.69. The molecule has 2 rings (SSSR count). The van der Waals surface area contributed by atoms with Gasteiger partial charge in [0.2, 0.25) is 0 Å². The second kappa shape index (κ2) is 5.67. The van der Waals surface area contributed by atoms with Crippen molar-refractivity contribution in [2.75, 3.05) is 7.05 Å². The van der Waals surface area contributed by atoms with Gasteiger partial charge >= 0.3 is 6.09 Å². The Bertz CT molecular complexity index is 633. The average molecular weight is 306 g/mol. The Morgan fingerprint density at radius 1 is 1.41 bits per heavy atom. The zero-order valence-corrected chi connectivity index (χ0v) is 12.9. The van der Waals surface area contributed by atoms with Crippen LogP contribution in [0.2, 0.25) is 0 Å². The number of benzene rings is 1. The van der Waals surface area contributed by atoms with E-state index in [0.29, 0.717) is 11.3 Å². The quantitative estimate of drug-likeness (QED) is 0.617. The molecule has 118 valence electrons. The van der Waals surface area contributed by atoms with E-state index in [1.165, 1.54) is 29.4 Å². The predicted molar refractivity (Wildman–Crippen MR) is 79.6 cm³/mol. The molecule has 1 heterocycles. The van der Waals surface area contributed by atoms with Gasteiger partial charge in [-0.25, -0.2) is 4.79 Å². The standard InChI is InChI=1S/C15H18N2O5/c1-15(2,3)22-14(18)16(4)12-7-8-21-13-6-5-10(17(19)20)9-11(12)13/h5-9,12H,1-4H3. The molecule has 0 saturated carbocycles. The third kappa shape index (κ3) is 3.36. The Balaban J connectivity index is 2.31. The molecule has 0 spiro atoms. The van der Waals surface area contributed by atoms with Gasteiger partial charge in [0.25, 0.3) is 5.69 Å². The lowest BCUT2D eigenvalue weighted by atomic mass is 10.0. The number of hydrogen-bond donors (Lipinski definition) is 0. The number of nitro groups is 1. The molecule has 0 fully saturated rings. The van der Waals surface area contributed by atoms with Gasteiger partial charge in [-0.3, -0.25) is 10.1 Å². The number of carbonyl (C=O) groups is 1. The van der Waals surface area contributed by atoms with Crippen molar-refractivity contribution in [2.45, 2.75) is 32.4 Å². The molecular weight excluding hydrogens is 288 g/mol. The second-order valence-electron chi connectivity index (χ2n) is 5.96. The van der Waals surface area contributed by atoms with Crippen molar-refractivity contribution in [2.24, 2.45) is 0 Å². The number of carbonyl (C=O) groups excluding carboxylic acids is 1. The van der Waals surface area contributed by atoms with E-state index in [4.69, 9.17) is 9.47 Å². The first-order valence-electron chi connectivity index (χ1n) is 6.76. The summed E-state index contributed by atoms with van der Waals surface area (Å²) in [6.45, 7) is 5.33. The number of hydrogen-bond acceptors (Lipinski definition) is 5. The van der Waals surface area contributed by atoms with E-state index in [9.17, 15) is 14.9 Å². The first-order chi connectivity index (χ1) is 10.2. The van der Waals surface area contributed by atoms with E-state index in [-0.39, 0.29) is 5.69 Å². The zero-order chi connectivity index (χ0) is 16.5. The molecule has 1 aromatic rings. The van der Waals surface area contributed by atoms with Crippen molar-refractivity contribution in [3.8, 4) is 5.75 Å². The van der Waals surface area contributed by atoms with Crippen molar-refractivity contribution < 1.29 is 19.2 Å². The van der Waals surface area contributed by atoms with Gasteiger partial charge in [-0.05, 0) is 32.9 Å². The number of amides is 1. The molecule has 22 heavy (non-hydrogen) atoms. The summed E-state index contributed by atoms with van der Waals surface area (Å²) >= 11 is 0. The van der Waals surface area contributed by atoms with Gasteiger partial charge in [0.1, 0.15) is 11.4 Å². The zero-order valence-electron chi connectivity index (χ0n) is 12.9. The van der Waals surface area contributed by atoms with Crippen LogP contribution in [0.25, 0.3) is 0 Å². The van der Waals surface area contributed by atoms with Gasteiger partial charge in [0.05, 0.1) is 17.2 Å². The molecule has 0 radical (unpaired) electrons. The number of likely N-dealkylation sites (N-methyl/N-ethyl adjacent to an activating group) is 1. The molecule has 1 unspecified atom stereocenters. The average Bonchev–Trinajstić information content (AvgIpc) is 2.43. The molecular formula is C15H18N2O5. The van der Waals surface area contributed by atoms with Gasteiger partial charge in [0.15, 0.2) is 0 Å². The van der Waals surface area contributed by atoms with Crippen molar-refractivity contribution in [3.05, 3.63) is 46.2 Å². The van der Waals surface area contributed by atoms with Gasteiger partial charge in [-0.1, -0.05) is 0 Å². The van der Waals surface area contributed by atoms with E-state index in [2.05, 4.69) is 0 Å². The van der Waals surface area contributed by atoms with Gasteiger partial charge in [-0.2, -0.15) is 0 Å². The number of fused-ring (bicyclic) bond motifs is 1. The molecule has 0 aliphatic carbocycles. The van der Waals surface area contributed by atoms with Crippen molar-refractivity contribution in [3.63, 3.8) is 0 Å². The van der Waals surface area contributed by atoms with Crippen molar-refractivity contribution in [1.29, 1.82) is 0 Å². The number of non-ortho nitro benzene ring substituents is 1. The first kappa shape index (κ1) is 15.8. The molecule has 7 heteroatoms. The maximum atomic E-state index is 12.2. The largest absolute Gasteiger partial charge is 0.465 e.